The first-order valence-electron chi connectivity index (χ1n) is 4.70. The van der Waals surface area contributed by atoms with Gasteiger partial charge in [0.2, 0.25) is 5.91 Å². The van der Waals surface area contributed by atoms with E-state index in [4.69, 9.17) is 5.73 Å². The summed E-state index contributed by atoms with van der Waals surface area (Å²) in [6, 6.07) is 0.271. The van der Waals surface area contributed by atoms with Crippen LogP contribution in [0.1, 0.15) is 39.5 Å². The predicted octanol–water partition coefficient (Wildman–Crippen LogP) is 1.03. The van der Waals surface area contributed by atoms with Crippen molar-refractivity contribution in [2.75, 3.05) is 6.54 Å². The van der Waals surface area contributed by atoms with Gasteiger partial charge in [0, 0.05) is 12.5 Å². The highest BCUT2D eigenvalue weighted by Gasteiger charge is 2.04. The minimum atomic E-state index is 0.155. The van der Waals surface area contributed by atoms with Gasteiger partial charge in [0.05, 0.1) is 0 Å². The van der Waals surface area contributed by atoms with E-state index in [0.717, 1.165) is 19.3 Å². The number of hydrogen-bond donors (Lipinski definition) is 2. The molecule has 1 atom stereocenters. The van der Waals surface area contributed by atoms with E-state index in [0.29, 0.717) is 13.0 Å². The molecule has 0 bridgehead atoms. The first kappa shape index (κ1) is 11.4. The molecule has 0 heterocycles. The van der Waals surface area contributed by atoms with Crippen molar-refractivity contribution in [1.29, 1.82) is 0 Å². The number of rotatable bonds is 6. The standard InChI is InChI=1S/C9H20N2O/c1-3-5-9(12)11-8(2)6-4-7-10/h8H,3-7,10H2,1-2H3,(H,11,12)/t8-/m0/s1. The van der Waals surface area contributed by atoms with Gasteiger partial charge >= 0.3 is 0 Å². The minimum absolute atomic E-state index is 0.155. The van der Waals surface area contributed by atoms with Crippen LogP contribution in [0.15, 0.2) is 0 Å². The summed E-state index contributed by atoms with van der Waals surface area (Å²) >= 11 is 0. The van der Waals surface area contributed by atoms with Crippen LogP contribution in [0.25, 0.3) is 0 Å². The molecule has 0 aliphatic heterocycles. The van der Waals surface area contributed by atoms with E-state index in [9.17, 15) is 4.79 Å². The van der Waals surface area contributed by atoms with Gasteiger partial charge < -0.3 is 11.1 Å². The molecule has 0 aromatic rings. The Labute approximate surface area is 74.7 Å². The molecular weight excluding hydrogens is 152 g/mol. The molecule has 0 radical (unpaired) electrons. The highest BCUT2D eigenvalue weighted by molar-refractivity contribution is 5.76. The average Bonchev–Trinajstić information content (AvgIpc) is 2.01. The zero-order valence-corrected chi connectivity index (χ0v) is 8.10. The van der Waals surface area contributed by atoms with Crippen molar-refractivity contribution >= 4 is 5.91 Å². The molecule has 0 unspecified atom stereocenters. The second-order valence-electron chi connectivity index (χ2n) is 3.15. The molecule has 72 valence electrons. The fraction of sp³-hybridized carbons (Fsp3) is 0.889. The summed E-state index contributed by atoms with van der Waals surface area (Å²) in [6.45, 7) is 4.72. The Hall–Kier alpha value is -0.570. The van der Waals surface area contributed by atoms with Crippen molar-refractivity contribution in [2.45, 2.75) is 45.6 Å². The zero-order valence-electron chi connectivity index (χ0n) is 8.10. The molecule has 0 aromatic heterocycles. The van der Waals surface area contributed by atoms with Crippen LogP contribution in [0.4, 0.5) is 0 Å². The first-order chi connectivity index (χ1) is 5.70. The van der Waals surface area contributed by atoms with Gasteiger partial charge in [-0.15, -0.1) is 0 Å². The van der Waals surface area contributed by atoms with Crippen molar-refractivity contribution in [1.82, 2.24) is 5.32 Å². The van der Waals surface area contributed by atoms with Crippen molar-refractivity contribution in [2.24, 2.45) is 5.73 Å². The molecule has 0 rings (SSSR count). The van der Waals surface area contributed by atoms with E-state index in [1.54, 1.807) is 0 Å². The Balaban J connectivity index is 3.40. The fourth-order valence-electron chi connectivity index (χ4n) is 1.07. The van der Waals surface area contributed by atoms with Gasteiger partial charge in [-0.2, -0.15) is 0 Å². The normalized spacial score (nSPS) is 12.6. The lowest BCUT2D eigenvalue weighted by atomic mass is 10.2. The highest BCUT2D eigenvalue weighted by Crippen LogP contribution is 1.96. The lowest BCUT2D eigenvalue weighted by Crippen LogP contribution is -2.32. The summed E-state index contributed by atoms with van der Waals surface area (Å²) in [6.07, 6.45) is 3.50. The van der Waals surface area contributed by atoms with Crippen LogP contribution in [0.5, 0.6) is 0 Å². The largest absolute Gasteiger partial charge is 0.354 e. The van der Waals surface area contributed by atoms with E-state index < -0.39 is 0 Å². The number of carbonyl (C=O) groups is 1. The summed E-state index contributed by atoms with van der Waals surface area (Å²) in [5.41, 5.74) is 5.35. The summed E-state index contributed by atoms with van der Waals surface area (Å²) in [4.78, 5) is 11.1. The van der Waals surface area contributed by atoms with Crippen molar-refractivity contribution in [3.63, 3.8) is 0 Å². The molecule has 0 aliphatic rings. The molecule has 0 spiro atoms. The molecule has 3 heteroatoms. The highest BCUT2D eigenvalue weighted by atomic mass is 16.1. The summed E-state index contributed by atoms with van der Waals surface area (Å²) < 4.78 is 0. The molecule has 3 nitrogen and oxygen atoms in total. The Bertz CT molecular complexity index is 126. The molecule has 3 N–H and O–H groups in total. The zero-order chi connectivity index (χ0) is 9.40. The van der Waals surface area contributed by atoms with Gasteiger partial charge in [0.15, 0.2) is 0 Å². The molecule has 0 saturated carbocycles. The second kappa shape index (κ2) is 7.10. The SMILES string of the molecule is CCCC(=O)N[C@@H](C)CCCN. The van der Waals surface area contributed by atoms with Gasteiger partial charge in [0.1, 0.15) is 0 Å². The number of carbonyl (C=O) groups excluding carboxylic acids is 1. The van der Waals surface area contributed by atoms with Crippen LogP contribution < -0.4 is 11.1 Å². The van der Waals surface area contributed by atoms with E-state index in [2.05, 4.69) is 5.32 Å². The maximum absolute atomic E-state index is 11.1. The van der Waals surface area contributed by atoms with Gasteiger partial charge in [-0.05, 0) is 32.7 Å². The maximum atomic E-state index is 11.1. The molecule has 0 fully saturated rings. The summed E-state index contributed by atoms with van der Waals surface area (Å²) in [7, 11) is 0. The van der Waals surface area contributed by atoms with Gasteiger partial charge in [0.25, 0.3) is 0 Å². The molecular formula is C9H20N2O. The fourth-order valence-corrected chi connectivity index (χ4v) is 1.07. The third kappa shape index (κ3) is 6.16. The molecule has 0 aromatic carbocycles. The molecule has 0 saturated heterocycles. The van der Waals surface area contributed by atoms with E-state index in [1.165, 1.54) is 0 Å². The average molecular weight is 172 g/mol. The third-order valence-corrected chi connectivity index (χ3v) is 1.73. The van der Waals surface area contributed by atoms with Crippen LogP contribution in [-0.2, 0) is 4.79 Å². The summed E-state index contributed by atoms with van der Waals surface area (Å²) in [5.74, 6) is 0.155. The van der Waals surface area contributed by atoms with Crippen LogP contribution >= 0.6 is 0 Å². The Kier molecular flexibility index (Phi) is 6.76. The predicted molar refractivity (Wildman–Crippen MR) is 50.8 cm³/mol. The summed E-state index contributed by atoms with van der Waals surface area (Å²) in [5, 5.41) is 2.92. The van der Waals surface area contributed by atoms with Crippen LogP contribution in [-0.4, -0.2) is 18.5 Å². The van der Waals surface area contributed by atoms with Crippen LogP contribution in [0.3, 0.4) is 0 Å². The van der Waals surface area contributed by atoms with E-state index in [-0.39, 0.29) is 11.9 Å². The second-order valence-corrected chi connectivity index (χ2v) is 3.15. The molecule has 12 heavy (non-hydrogen) atoms. The minimum Gasteiger partial charge on any atom is -0.354 e. The van der Waals surface area contributed by atoms with Gasteiger partial charge in [-0.1, -0.05) is 6.92 Å². The van der Waals surface area contributed by atoms with Crippen molar-refractivity contribution < 1.29 is 4.79 Å². The molecule has 0 aliphatic carbocycles. The lowest BCUT2D eigenvalue weighted by molar-refractivity contribution is -0.121. The Morgan fingerprint density at radius 1 is 1.58 bits per heavy atom. The molecule has 1 amide bonds. The van der Waals surface area contributed by atoms with Crippen molar-refractivity contribution in [3.05, 3.63) is 0 Å². The van der Waals surface area contributed by atoms with Gasteiger partial charge in [-0.25, -0.2) is 0 Å². The Morgan fingerprint density at radius 2 is 2.25 bits per heavy atom. The monoisotopic (exact) mass is 172 g/mol. The number of nitrogens with two attached hydrogens (primary N) is 1. The number of hydrogen-bond acceptors (Lipinski definition) is 2. The third-order valence-electron chi connectivity index (χ3n) is 1.73. The Morgan fingerprint density at radius 3 is 2.75 bits per heavy atom. The lowest BCUT2D eigenvalue weighted by Gasteiger charge is -2.12. The van der Waals surface area contributed by atoms with E-state index >= 15 is 0 Å². The van der Waals surface area contributed by atoms with E-state index in [1.807, 2.05) is 13.8 Å². The van der Waals surface area contributed by atoms with Crippen LogP contribution in [0.2, 0.25) is 0 Å². The number of nitrogens with one attached hydrogen (secondary N) is 1. The number of amides is 1. The van der Waals surface area contributed by atoms with Gasteiger partial charge in [-0.3, -0.25) is 4.79 Å². The topological polar surface area (TPSA) is 55.1 Å². The smallest absolute Gasteiger partial charge is 0.220 e. The maximum Gasteiger partial charge on any atom is 0.220 e. The quantitative estimate of drug-likeness (QED) is 0.628. The van der Waals surface area contributed by atoms with Crippen molar-refractivity contribution in [3.8, 4) is 0 Å². The van der Waals surface area contributed by atoms with Crippen LogP contribution in [0, 0.1) is 0 Å². The first-order valence-corrected chi connectivity index (χ1v) is 4.70.